The standard InChI is InChI=1S/C11H13BrO3/c1-14-7-4-9-8(10(12)5-7)2-3-15-6-11(9)13/h4-5,11,13H,2-3,6H2,1H3. The Morgan fingerprint density at radius 3 is 3.07 bits per heavy atom. The third-order valence-corrected chi connectivity index (χ3v) is 3.28. The molecule has 3 nitrogen and oxygen atoms in total. The predicted octanol–water partition coefficient (Wildman–Crippen LogP) is 2.06. The fourth-order valence-corrected chi connectivity index (χ4v) is 2.42. The largest absolute Gasteiger partial charge is 0.497 e. The number of halogens is 1. The lowest BCUT2D eigenvalue weighted by atomic mass is 10.0. The lowest BCUT2D eigenvalue weighted by Crippen LogP contribution is -2.05. The average molecular weight is 273 g/mol. The molecule has 1 N–H and O–H groups in total. The molecule has 1 aromatic carbocycles. The van der Waals surface area contributed by atoms with Crippen LogP contribution in [0.1, 0.15) is 17.2 Å². The van der Waals surface area contributed by atoms with Crippen LogP contribution < -0.4 is 4.74 Å². The zero-order valence-electron chi connectivity index (χ0n) is 8.50. The Morgan fingerprint density at radius 2 is 2.33 bits per heavy atom. The van der Waals surface area contributed by atoms with Crippen LogP contribution in [0.15, 0.2) is 16.6 Å². The molecule has 82 valence electrons. The highest BCUT2D eigenvalue weighted by Gasteiger charge is 2.19. The number of aliphatic hydroxyl groups excluding tert-OH is 1. The predicted molar refractivity (Wildman–Crippen MR) is 60.2 cm³/mol. The van der Waals surface area contributed by atoms with Gasteiger partial charge in [-0.3, -0.25) is 0 Å². The van der Waals surface area contributed by atoms with Gasteiger partial charge in [0.25, 0.3) is 0 Å². The second kappa shape index (κ2) is 4.51. The van der Waals surface area contributed by atoms with Crippen LogP contribution in [0.5, 0.6) is 5.75 Å². The molecule has 1 unspecified atom stereocenters. The van der Waals surface area contributed by atoms with Crippen molar-refractivity contribution in [3.63, 3.8) is 0 Å². The van der Waals surface area contributed by atoms with Gasteiger partial charge in [-0.25, -0.2) is 0 Å². The maximum atomic E-state index is 9.88. The summed E-state index contributed by atoms with van der Waals surface area (Å²) in [5.41, 5.74) is 2.01. The topological polar surface area (TPSA) is 38.7 Å². The highest BCUT2D eigenvalue weighted by molar-refractivity contribution is 9.10. The van der Waals surface area contributed by atoms with E-state index in [1.165, 1.54) is 0 Å². The average Bonchev–Trinajstić information content (AvgIpc) is 2.41. The zero-order chi connectivity index (χ0) is 10.8. The number of hydrogen-bond donors (Lipinski definition) is 1. The van der Waals surface area contributed by atoms with Crippen LogP contribution in [0.3, 0.4) is 0 Å². The van der Waals surface area contributed by atoms with E-state index in [0.717, 1.165) is 27.8 Å². The molecule has 0 amide bonds. The third kappa shape index (κ3) is 2.17. The molecule has 0 saturated heterocycles. The van der Waals surface area contributed by atoms with Gasteiger partial charge in [0.15, 0.2) is 0 Å². The van der Waals surface area contributed by atoms with Crippen LogP contribution in [-0.2, 0) is 11.2 Å². The highest BCUT2D eigenvalue weighted by Crippen LogP contribution is 2.32. The van der Waals surface area contributed by atoms with Crippen LogP contribution in [0.4, 0.5) is 0 Å². The molecule has 0 radical (unpaired) electrons. The van der Waals surface area contributed by atoms with E-state index >= 15 is 0 Å². The third-order valence-electron chi connectivity index (χ3n) is 2.57. The van der Waals surface area contributed by atoms with E-state index in [1.54, 1.807) is 7.11 Å². The Balaban J connectivity index is 2.50. The van der Waals surface area contributed by atoms with Gasteiger partial charge in [-0.15, -0.1) is 0 Å². The van der Waals surface area contributed by atoms with Gasteiger partial charge in [0.1, 0.15) is 11.9 Å². The minimum absolute atomic E-state index is 0.354. The molecule has 0 bridgehead atoms. The molecular weight excluding hydrogens is 260 g/mol. The van der Waals surface area contributed by atoms with Crippen molar-refractivity contribution < 1.29 is 14.6 Å². The van der Waals surface area contributed by atoms with Crippen molar-refractivity contribution in [3.8, 4) is 5.75 Å². The summed E-state index contributed by atoms with van der Waals surface area (Å²) in [6.07, 6.45) is 0.255. The highest BCUT2D eigenvalue weighted by atomic mass is 79.9. The Morgan fingerprint density at radius 1 is 1.53 bits per heavy atom. The van der Waals surface area contributed by atoms with E-state index < -0.39 is 6.10 Å². The first-order valence-electron chi connectivity index (χ1n) is 4.84. The summed E-state index contributed by atoms with van der Waals surface area (Å²) in [6.45, 7) is 1.00. The van der Waals surface area contributed by atoms with E-state index in [9.17, 15) is 5.11 Å². The molecule has 2 rings (SSSR count). The van der Waals surface area contributed by atoms with E-state index in [0.29, 0.717) is 13.2 Å². The van der Waals surface area contributed by atoms with Crippen molar-refractivity contribution in [1.29, 1.82) is 0 Å². The Bertz CT molecular complexity index is 365. The fraction of sp³-hybridized carbons (Fsp3) is 0.455. The molecule has 0 fully saturated rings. The van der Waals surface area contributed by atoms with Gasteiger partial charge in [0.05, 0.1) is 20.3 Å². The van der Waals surface area contributed by atoms with E-state index in [1.807, 2.05) is 12.1 Å². The monoisotopic (exact) mass is 272 g/mol. The summed E-state index contributed by atoms with van der Waals surface area (Å²) < 4.78 is 11.4. The summed E-state index contributed by atoms with van der Waals surface area (Å²) >= 11 is 3.49. The molecule has 4 heteroatoms. The van der Waals surface area contributed by atoms with Crippen molar-refractivity contribution in [2.24, 2.45) is 0 Å². The van der Waals surface area contributed by atoms with Crippen molar-refractivity contribution in [1.82, 2.24) is 0 Å². The Labute approximate surface area is 97.1 Å². The second-order valence-electron chi connectivity index (χ2n) is 3.52. The molecule has 1 atom stereocenters. The Kier molecular flexibility index (Phi) is 3.29. The fourth-order valence-electron chi connectivity index (χ4n) is 1.77. The van der Waals surface area contributed by atoms with Crippen LogP contribution in [-0.4, -0.2) is 25.4 Å². The first-order chi connectivity index (χ1) is 7.22. The minimum atomic E-state index is -0.561. The number of aliphatic hydroxyl groups is 1. The van der Waals surface area contributed by atoms with Gasteiger partial charge in [0, 0.05) is 4.47 Å². The normalized spacial score (nSPS) is 20.6. The van der Waals surface area contributed by atoms with Crippen LogP contribution in [0, 0.1) is 0 Å². The maximum absolute atomic E-state index is 9.88. The summed E-state index contributed by atoms with van der Waals surface area (Å²) in [5.74, 6) is 0.751. The van der Waals surface area contributed by atoms with Crippen molar-refractivity contribution in [2.75, 3.05) is 20.3 Å². The summed E-state index contributed by atoms with van der Waals surface area (Å²) in [4.78, 5) is 0. The zero-order valence-corrected chi connectivity index (χ0v) is 10.1. The van der Waals surface area contributed by atoms with Crippen molar-refractivity contribution in [2.45, 2.75) is 12.5 Å². The quantitative estimate of drug-likeness (QED) is 0.851. The number of rotatable bonds is 1. The number of fused-ring (bicyclic) bond motifs is 1. The number of benzene rings is 1. The Hall–Kier alpha value is -0.580. The molecule has 1 heterocycles. The number of hydrogen-bond acceptors (Lipinski definition) is 3. The first-order valence-corrected chi connectivity index (χ1v) is 5.64. The smallest absolute Gasteiger partial charge is 0.120 e. The lowest BCUT2D eigenvalue weighted by Gasteiger charge is -2.14. The van der Waals surface area contributed by atoms with Gasteiger partial charge in [-0.2, -0.15) is 0 Å². The van der Waals surface area contributed by atoms with Crippen LogP contribution in [0.25, 0.3) is 0 Å². The molecule has 15 heavy (non-hydrogen) atoms. The SMILES string of the molecule is COc1cc(Br)c2c(c1)C(O)COCC2. The molecule has 1 aromatic rings. The summed E-state index contributed by atoms with van der Waals surface area (Å²) in [7, 11) is 1.62. The van der Waals surface area contributed by atoms with Gasteiger partial charge < -0.3 is 14.6 Å². The minimum Gasteiger partial charge on any atom is -0.497 e. The maximum Gasteiger partial charge on any atom is 0.120 e. The molecule has 1 aliphatic rings. The van der Waals surface area contributed by atoms with Crippen LogP contribution >= 0.6 is 15.9 Å². The molecule has 0 aromatic heterocycles. The summed E-state index contributed by atoms with van der Waals surface area (Å²) in [5, 5.41) is 9.88. The van der Waals surface area contributed by atoms with Crippen LogP contribution in [0.2, 0.25) is 0 Å². The number of ether oxygens (including phenoxy) is 2. The molecule has 0 aliphatic carbocycles. The van der Waals surface area contributed by atoms with E-state index in [4.69, 9.17) is 9.47 Å². The molecule has 0 saturated carbocycles. The molecule has 0 spiro atoms. The first kappa shape index (κ1) is 10.9. The van der Waals surface area contributed by atoms with Crippen molar-refractivity contribution in [3.05, 3.63) is 27.7 Å². The van der Waals surface area contributed by atoms with Gasteiger partial charge in [-0.1, -0.05) is 15.9 Å². The van der Waals surface area contributed by atoms with E-state index in [2.05, 4.69) is 15.9 Å². The van der Waals surface area contributed by atoms with Gasteiger partial charge in [-0.05, 0) is 29.7 Å². The second-order valence-corrected chi connectivity index (χ2v) is 4.37. The summed E-state index contributed by atoms with van der Waals surface area (Å²) in [6, 6.07) is 3.79. The van der Waals surface area contributed by atoms with Gasteiger partial charge in [0.2, 0.25) is 0 Å². The molecular formula is C11H13BrO3. The number of methoxy groups -OCH3 is 1. The van der Waals surface area contributed by atoms with E-state index in [-0.39, 0.29) is 0 Å². The molecule has 1 aliphatic heterocycles. The lowest BCUT2D eigenvalue weighted by molar-refractivity contribution is 0.0451. The van der Waals surface area contributed by atoms with Gasteiger partial charge >= 0.3 is 0 Å². The van der Waals surface area contributed by atoms with Crippen molar-refractivity contribution >= 4 is 15.9 Å².